The summed E-state index contributed by atoms with van der Waals surface area (Å²) in [5, 5.41) is 127. The molecule has 0 bridgehead atoms. The number of carbonyl (C=O) groups is 1. The number of carbonyl (C=O) groups excluding carboxylic acids is 1. The van der Waals surface area contributed by atoms with Gasteiger partial charge in [-0.15, -0.1) is 0 Å². The molecule has 0 radical (unpaired) electrons. The smallest absolute Gasteiger partial charge is 0.330 e. The average Bonchev–Trinajstić information content (AvgIpc) is 3.30. The second-order valence-electron chi connectivity index (χ2n) is 15.6. The first-order chi connectivity index (χ1) is 31.9. The SMILES string of the molecule is COc1cc(/C=C/C(=O)OC[C@H]2O[C@@H](OC[C@H]3O[C@@H](Oc4cc5c(O)cc(=O)cc-5oc4-c4ccc(O)c(O)c4)[C@H](O[C@@H]4OC[C@@H](O)[C@H](O)[C@H]4O)[C@@H](O)[C@H]3O)[C@H](O)[C@@H](O)[C@@H]2O)cc(OC)c1O. The molecule has 0 amide bonds. The summed E-state index contributed by atoms with van der Waals surface area (Å²) in [6.07, 6.45) is -23.2. The van der Waals surface area contributed by atoms with Gasteiger partial charge in [0.25, 0.3) is 0 Å². The van der Waals surface area contributed by atoms with Crippen LogP contribution in [0.2, 0.25) is 0 Å². The molecule has 0 aromatic heterocycles. The molecule has 24 heteroatoms. The van der Waals surface area contributed by atoms with Crippen molar-refractivity contribution in [1.29, 1.82) is 0 Å². The van der Waals surface area contributed by atoms with Gasteiger partial charge in [-0.25, -0.2) is 4.79 Å². The van der Waals surface area contributed by atoms with Gasteiger partial charge in [-0.3, -0.25) is 4.79 Å². The summed E-state index contributed by atoms with van der Waals surface area (Å²) in [5.41, 5.74) is -0.334. The Hall–Kier alpha value is -5.84. The highest BCUT2D eigenvalue weighted by atomic mass is 16.8. The molecule has 0 saturated carbocycles. The second kappa shape index (κ2) is 20.6. The largest absolute Gasteiger partial charge is 0.507 e. The number of aromatic hydroxyl groups is 4. The molecule has 0 spiro atoms. The summed E-state index contributed by atoms with van der Waals surface area (Å²) < 4.78 is 56.2. The molecular formula is C43H48O24. The molecule has 3 saturated heterocycles. The number of phenolic OH excluding ortho intramolecular Hbond substituents is 4. The van der Waals surface area contributed by atoms with Crippen LogP contribution < -0.4 is 19.6 Å². The fraction of sp³-hybridized carbons (Fsp3) is 0.442. The highest BCUT2D eigenvalue weighted by Gasteiger charge is 2.52. The summed E-state index contributed by atoms with van der Waals surface area (Å²) in [7, 11) is 2.63. The number of benzene rings is 3. The van der Waals surface area contributed by atoms with Crippen LogP contribution in [0.1, 0.15) is 5.56 Å². The number of aliphatic hydroxyl groups is 8. The maximum atomic E-state index is 12.7. The molecule has 2 aromatic rings. The van der Waals surface area contributed by atoms with Crippen LogP contribution in [-0.4, -0.2) is 187 Å². The van der Waals surface area contributed by atoms with Crippen molar-refractivity contribution in [3.8, 4) is 62.9 Å². The minimum absolute atomic E-state index is 0.0268. The predicted octanol–water partition coefficient (Wildman–Crippen LogP) is -2.02. The van der Waals surface area contributed by atoms with Crippen LogP contribution in [0.3, 0.4) is 0 Å². The molecule has 4 heterocycles. The predicted molar refractivity (Wildman–Crippen MR) is 220 cm³/mol. The normalized spacial score (nSPS) is 31.1. The van der Waals surface area contributed by atoms with Crippen LogP contribution in [0.5, 0.6) is 40.2 Å². The fourth-order valence-electron chi connectivity index (χ4n) is 7.36. The Labute approximate surface area is 378 Å². The van der Waals surface area contributed by atoms with Crippen molar-refractivity contribution in [2.75, 3.05) is 34.0 Å². The van der Waals surface area contributed by atoms with E-state index in [9.17, 15) is 70.9 Å². The first-order valence-corrected chi connectivity index (χ1v) is 20.3. The van der Waals surface area contributed by atoms with Crippen LogP contribution in [0.15, 0.2) is 63.8 Å². The van der Waals surface area contributed by atoms with Crippen molar-refractivity contribution in [3.05, 3.63) is 70.4 Å². The zero-order chi connectivity index (χ0) is 48.4. The minimum Gasteiger partial charge on any atom is -0.507 e. The number of phenols is 4. The molecule has 2 aromatic carbocycles. The van der Waals surface area contributed by atoms with Crippen molar-refractivity contribution in [2.24, 2.45) is 0 Å². The molecule has 14 atom stereocenters. The van der Waals surface area contributed by atoms with Crippen LogP contribution >= 0.6 is 0 Å². The summed E-state index contributed by atoms with van der Waals surface area (Å²) in [4.78, 5) is 25.0. The topological polar surface area (TPSA) is 373 Å². The van der Waals surface area contributed by atoms with E-state index in [1.54, 1.807) is 0 Å². The van der Waals surface area contributed by atoms with Gasteiger partial charge in [0.05, 0.1) is 33.0 Å². The van der Waals surface area contributed by atoms with Crippen molar-refractivity contribution in [1.82, 2.24) is 0 Å². The van der Waals surface area contributed by atoms with Crippen molar-refractivity contribution in [3.63, 3.8) is 0 Å². The number of esters is 1. The van der Waals surface area contributed by atoms with Gasteiger partial charge < -0.3 is 108 Å². The van der Waals surface area contributed by atoms with E-state index in [-0.39, 0.29) is 45.6 Å². The fourth-order valence-corrected chi connectivity index (χ4v) is 7.36. The van der Waals surface area contributed by atoms with E-state index in [1.807, 2.05) is 0 Å². The average molecular weight is 949 g/mol. The molecule has 24 nitrogen and oxygen atoms in total. The highest BCUT2D eigenvalue weighted by molar-refractivity contribution is 5.87. The van der Waals surface area contributed by atoms with Crippen LogP contribution in [-0.2, 0) is 33.2 Å². The van der Waals surface area contributed by atoms with Crippen molar-refractivity contribution in [2.45, 2.75) is 86.0 Å². The van der Waals surface area contributed by atoms with E-state index < -0.39 is 134 Å². The Kier molecular flexibility index (Phi) is 15.1. The molecule has 12 N–H and O–H groups in total. The lowest BCUT2D eigenvalue weighted by molar-refractivity contribution is -0.353. The Morgan fingerprint density at radius 1 is 0.687 bits per heavy atom. The van der Waals surface area contributed by atoms with Gasteiger partial charge in [0.2, 0.25) is 12.0 Å². The number of methoxy groups -OCH3 is 2. The van der Waals surface area contributed by atoms with E-state index in [2.05, 4.69) is 0 Å². The molecule has 1 aliphatic carbocycles. The number of ether oxygens (including phenoxy) is 9. The standard InChI is InChI=1S/C43H48O24/c1-58-25-7-16(8-26(59-2)32(25)51)3-6-30(49)60-14-28-33(52)35(54)38(57)41(65-28)62-15-29-34(53)36(55)40(67-42-37(56)31(50)23(48)13-61-42)43(66-29)64-27-12-19-21(46)10-18(44)11-24(19)63-39(27)17-4-5-20(45)22(47)9-17/h3-12,23,28-29,31,33-38,40-43,45-48,50-57H,13-15H2,1-2H3/b6-3+/t23-,28-,29-,31+,33-,34+,35+,36+,37-,38-,40-,41-,42+,43-/m1/s1. The highest BCUT2D eigenvalue weighted by Crippen LogP contribution is 2.44. The number of hydrogen-bond donors (Lipinski definition) is 12. The Bertz CT molecular complexity index is 2400. The van der Waals surface area contributed by atoms with Crippen LogP contribution in [0, 0.1) is 0 Å². The summed E-state index contributed by atoms with van der Waals surface area (Å²) in [6.45, 7) is -2.01. The molecule has 67 heavy (non-hydrogen) atoms. The number of aliphatic hydroxyl groups excluding tert-OH is 8. The van der Waals surface area contributed by atoms with E-state index in [4.69, 9.17) is 47.0 Å². The number of fused-ring (bicyclic) bond motifs is 1. The van der Waals surface area contributed by atoms with Crippen molar-refractivity contribution < 1.29 is 113 Å². The summed E-state index contributed by atoms with van der Waals surface area (Å²) in [5.74, 6) is -3.54. The Morgan fingerprint density at radius 3 is 2.03 bits per heavy atom. The molecule has 0 unspecified atom stereocenters. The number of rotatable bonds is 14. The first-order valence-electron chi connectivity index (χ1n) is 20.3. The second-order valence-corrected chi connectivity index (χ2v) is 15.6. The quantitative estimate of drug-likeness (QED) is 0.0369. The lowest BCUT2D eigenvalue weighted by Crippen LogP contribution is -2.64. The maximum Gasteiger partial charge on any atom is 0.330 e. The van der Waals surface area contributed by atoms with E-state index in [1.165, 1.54) is 44.6 Å². The summed E-state index contributed by atoms with van der Waals surface area (Å²) in [6, 6.07) is 9.38. The van der Waals surface area contributed by atoms with Crippen LogP contribution in [0.4, 0.5) is 0 Å². The Morgan fingerprint density at radius 2 is 1.34 bits per heavy atom. The monoisotopic (exact) mass is 948 g/mol. The van der Waals surface area contributed by atoms with E-state index >= 15 is 0 Å². The zero-order valence-corrected chi connectivity index (χ0v) is 35.2. The maximum absolute atomic E-state index is 12.7. The molecule has 3 fully saturated rings. The van der Waals surface area contributed by atoms with Gasteiger partial charge in [0.1, 0.15) is 79.2 Å². The third kappa shape index (κ3) is 10.5. The van der Waals surface area contributed by atoms with E-state index in [0.29, 0.717) is 5.56 Å². The third-order valence-corrected chi connectivity index (χ3v) is 11.1. The first kappa shape index (κ1) is 49.1. The number of hydrogen-bond acceptors (Lipinski definition) is 24. The molecular weight excluding hydrogens is 900 g/mol. The van der Waals surface area contributed by atoms with Gasteiger partial charge in [-0.2, -0.15) is 0 Å². The third-order valence-electron chi connectivity index (χ3n) is 11.1. The van der Waals surface area contributed by atoms with Gasteiger partial charge in [0, 0.05) is 23.8 Å². The van der Waals surface area contributed by atoms with Gasteiger partial charge in [0.15, 0.2) is 58.6 Å². The Balaban J connectivity index is 1.12. The lowest BCUT2D eigenvalue weighted by atomic mass is 9.97. The van der Waals surface area contributed by atoms with Crippen LogP contribution in [0.25, 0.3) is 28.7 Å². The van der Waals surface area contributed by atoms with E-state index in [0.717, 1.165) is 30.3 Å². The molecule has 7 rings (SSSR count). The molecule has 364 valence electrons. The van der Waals surface area contributed by atoms with Gasteiger partial charge >= 0.3 is 5.97 Å². The van der Waals surface area contributed by atoms with Gasteiger partial charge in [-0.05, 0) is 48.0 Å². The minimum atomic E-state index is -2.05. The van der Waals surface area contributed by atoms with Crippen molar-refractivity contribution >= 4 is 12.0 Å². The zero-order valence-electron chi connectivity index (χ0n) is 35.2. The summed E-state index contributed by atoms with van der Waals surface area (Å²) >= 11 is 0. The van der Waals surface area contributed by atoms with Gasteiger partial charge in [-0.1, -0.05) is 0 Å². The molecule has 5 aliphatic rings. The molecule has 4 aliphatic heterocycles. The lowest BCUT2D eigenvalue weighted by Gasteiger charge is -2.45.